The number of ether oxygens (including phenoxy) is 3. The van der Waals surface area contributed by atoms with E-state index in [1.165, 1.54) is 26.4 Å². The number of hydrogen-bond acceptors (Lipinski definition) is 8. The summed E-state index contributed by atoms with van der Waals surface area (Å²) >= 11 is 0. The number of amides is 1. The van der Waals surface area contributed by atoms with E-state index in [9.17, 15) is 14.4 Å². The molecule has 10 heteroatoms. The number of methoxy groups -OCH3 is 2. The van der Waals surface area contributed by atoms with Crippen LogP contribution in [0.2, 0.25) is 0 Å². The van der Waals surface area contributed by atoms with Gasteiger partial charge < -0.3 is 19.5 Å². The molecule has 1 N–H and O–H groups in total. The first-order chi connectivity index (χ1) is 15.5. The van der Waals surface area contributed by atoms with Crippen LogP contribution in [-0.2, 0) is 22.7 Å². The van der Waals surface area contributed by atoms with Crippen LogP contribution in [0.25, 0.3) is 10.9 Å². The van der Waals surface area contributed by atoms with E-state index in [-0.39, 0.29) is 24.5 Å². The lowest BCUT2D eigenvalue weighted by atomic mass is 10.2. The molecule has 0 aliphatic heterocycles. The molecule has 0 fully saturated rings. The van der Waals surface area contributed by atoms with Crippen LogP contribution in [-0.4, -0.2) is 42.2 Å². The van der Waals surface area contributed by atoms with Crippen molar-refractivity contribution in [3.8, 4) is 17.6 Å². The first kappa shape index (κ1) is 22.3. The van der Waals surface area contributed by atoms with Crippen LogP contribution >= 0.6 is 0 Å². The monoisotopic (exact) mass is 436 g/mol. The normalized spacial score (nSPS) is 10.3. The van der Waals surface area contributed by atoms with Gasteiger partial charge in [-0.2, -0.15) is 5.26 Å². The lowest BCUT2D eigenvalue weighted by Gasteiger charge is -2.12. The predicted molar refractivity (Wildman–Crippen MR) is 113 cm³/mol. The minimum atomic E-state index is -0.732. The SMILES string of the molecule is COc1ccc(C(=O)NCC(=O)OCc2nc3ccccc3c(=O)n2CC#N)cc1OC. The Morgan fingerprint density at radius 2 is 1.88 bits per heavy atom. The Balaban J connectivity index is 1.66. The van der Waals surface area contributed by atoms with Crippen molar-refractivity contribution < 1.29 is 23.8 Å². The quantitative estimate of drug-likeness (QED) is 0.524. The van der Waals surface area contributed by atoms with Crippen molar-refractivity contribution in [2.45, 2.75) is 13.2 Å². The van der Waals surface area contributed by atoms with Crippen molar-refractivity contribution in [3.05, 3.63) is 64.2 Å². The number of fused-ring (bicyclic) bond motifs is 1. The second kappa shape index (κ2) is 10.1. The summed E-state index contributed by atoms with van der Waals surface area (Å²) in [6.45, 7) is -0.963. The summed E-state index contributed by atoms with van der Waals surface area (Å²) in [6, 6.07) is 13.2. The molecule has 0 unspecified atom stereocenters. The zero-order chi connectivity index (χ0) is 23.1. The first-order valence-electron chi connectivity index (χ1n) is 9.49. The fraction of sp³-hybridized carbons (Fsp3) is 0.227. The van der Waals surface area contributed by atoms with Gasteiger partial charge in [-0.25, -0.2) is 4.98 Å². The molecule has 1 aromatic heterocycles. The van der Waals surface area contributed by atoms with Gasteiger partial charge in [-0.1, -0.05) is 12.1 Å². The van der Waals surface area contributed by atoms with Crippen molar-refractivity contribution >= 4 is 22.8 Å². The summed E-state index contributed by atoms with van der Waals surface area (Å²) < 4.78 is 16.6. The Morgan fingerprint density at radius 1 is 1.12 bits per heavy atom. The molecule has 0 aliphatic carbocycles. The number of rotatable bonds is 8. The molecule has 0 spiro atoms. The first-order valence-corrected chi connectivity index (χ1v) is 9.49. The van der Waals surface area contributed by atoms with E-state index < -0.39 is 24.0 Å². The number of benzene rings is 2. The molecule has 10 nitrogen and oxygen atoms in total. The highest BCUT2D eigenvalue weighted by atomic mass is 16.5. The van der Waals surface area contributed by atoms with E-state index in [1.807, 2.05) is 6.07 Å². The van der Waals surface area contributed by atoms with Crippen LogP contribution in [0.4, 0.5) is 0 Å². The number of carbonyl (C=O) groups is 2. The zero-order valence-electron chi connectivity index (χ0n) is 17.5. The fourth-order valence-electron chi connectivity index (χ4n) is 2.99. The van der Waals surface area contributed by atoms with Crippen LogP contribution in [0.5, 0.6) is 11.5 Å². The molecule has 1 amide bonds. The number of hydrogen-bond donors (Lipinski definition) is 1. The standard InChI is InChI=1S/C22H20N4O6/c1-30-17-8-7-14(11-18(17)31-2)21(28)24-12-20(27)32-13-19-25-16-6-4-3-5-15(16)22(29)26(19)10-9-23/h3-8,11H,10,12-13H2,1-2H3,(H,24,28). The third-order valence-electron chi connectivity index (χ3n) is 4.57. The van der Waals surface area contributed by atoms with Crippen molar-refractivity contribution in [1.82, 2.24) is 14.9 Å². The van der Waals surface area contributed by atoms with E-state index in [0.29, 0.717) is 22.4 Å². The van der Waals surface area contributed by atoms with Gasteiger partial charge in [0.1, 0.15) is 19.7 Å². The molecule has 164 valence electrons. The molecule has 0 saturated carbocycles. The number of nitriles is 1. The minimum absolute atomic E-state index is 0.134. The van der Waals surface area contributed by atoms with Crippen molar-refractivity contribution in [1.29, 1.82) is 5.26 Å². The van der Waals surface area contributed by atoms with Gasteiger partial charge >= 0.3 is 5.97 Å². The van der Waals surface area contributed by atoms with Crippen LogP contribution < -0.4 is 20.3 Å². The number of carbonyl (C=O) groups excluding carboxylic acids is 2. The second-order valence-electron chi connectivity index (χ2n) is 6.51. The maximum absolute atomic E-state index is 12.6. The molecular formula is C22H20N4O6. The topological polar surface area (TPSA) is 133 Å². The number of nitrogens with one attached hydrogen (secondary N) is 1. The van der Waals surface area contributed by atoms with E-state index in [1.54, 1.807) is 30.3 Å². The molecule has 3 rings (SSSR count). The third-order valence-corrected chi connectivity index (χ3v) is 4.57. The molecule has 0 radical (unpaired) electrons. The smallest absolute Gasteiger partial charge is 0.325 e. The van der Waals surface area contributed by atoms with E-state index in [0.717, 1.165) is 4.57 Å². The summed E-state index contributed by atoms with van der Waals surface area (Å²) in [5, 5.41) is 11.8. The second-order valence-corrected chi connectivity index (χ2v) is 6.51. The number of aromatic nitrogens is 2. The summed E-state index contributed by atoms with van der Waals surface area (Å²) in [7, 11) is 2.93. The summed E-state index contributed by atoms with van der Waals surface area (Å²) in [5.41, 5.74) is 0.305. The molecule has 1 heterocycles. The van der Waals surface area contributed by atoms with E-state index in [2.05, 4.69) is 10.3 Å². The van der Waals surface area contributed by atoms with Gasteiger partial charge in [0.05, 0.1) is 31.2 Å². The van der Waals surface area contributed by atoms with E-state index >= 15 is 0 Å². The van der Waals surface area contributed by atoms with Crippen molar-refractivity contribution in [2.75, 3.05) is 20.8 Å². The predicted octanol–water partition coefficient (Wildman–Crippen LogP) is 1.41. The van der Waals surface area contributed by atoms with Crippen LogP contribution in [0.1, 0.15) is 16.2 Å². The maximum atomic E-state index is 12.6. The summed E-state index contributed by atoms with van der Waals surface area (Å²) in [5.74, 6) is -0.261. The lowest BCUT2D eigenvalue weighted by Crippen LogP contribution is -2.31. The number of para-hydroxylation sites is 1. The van der Waals surface area contributed by atoms with Gasteiger partial charge in [-0.05, 0) is 30.3 Å². The Kier molecular flexibility index (Phi) is 7.02. The summed E-state index contributed by atoms with van der Waals surface area (Å²) in [6.07, 6.45) is 0. The zero-order valence-corrected chi connectivity index (χ0v) is 17.5. The highest BCUT2D eigenvalue weighted by Crippen LogP contribution is 2.27. The molecule has 0 bridgehead atoms. The largest absolute Gasteiger partial charge is 0.493 e. The highest BCUT2D eigenvalue weighted by molar-refractivity contribution is 5.96. The molecule has 0 aliphatic rings. The maximum Gasteiger partial charge on any atom is 0.325 e. The molecule has 32 heavy (non-hydrogen) atoms. The average Bonchev–Trinajstić information content (AvgIpc) is 2.82. The Labute approximate surface area is 183 Å². The third kappa shape index (κ3) is 4.84. The Bertz CT molecular complexity index is 1260. The molecule has 3 aromatic rings. The van der Waals surface area contributed by atoms with Crippen LogP contribution in [0, 0.1) is 11.3 Å². The molecule has 0 atom stereocenters. The number of nitrogens with zero attached hydrogens (tertiary/aromatic N) is 3. The fourth-order valence-corrected chi connectivity index (χ4v) is 2.99. The summed E-state index contributed by atoms with van der Waals surface area (Å²) in [4.78, 5) is 41.4. The average molecular weight is 436 g/mol. The molecular weight excluding hydrogens is 416 g/mol. The molecule has 2 aromatic carbocycles. The van der Waals surface area contributed by atoms with Crippen molar-refractivity contribution in [2.24, 2.45) is 0 Å². The Morgan fingerprint density at radius 3 is 2.59 bits per heavy atom. The van der Waals surface area contributed by atoms with Gasteiger partial charge in [0, 0.05) is 5.56 Å². The van der Waals surface area contributed by atoms with Crippen LogP contribution in [0.3, 0.4) is 0 Å². The highest BCUT2D eigenvalue weighted by Gasteiger charge is 2.15. The molecule has 0 saturated heterocycles. The number of esters is 1. The van der Waals surface area contributed by atoms with Crippen molar-refractivity contribution in [3.63, 3.8) is 0 Å². The lowest BCUT2D eigenvalue weighted by molar-refractivity contribution is -0.144. The van der Waals surface area contributed by atoms with Gasteiger partial charge in [0.2, 0.25) is 0 Å². The Hall–Kier alpha value is -4.39. The van der Waals surface area contributed by atoms with Gasteiger partial charge in [-0.15, -0.1) is 0 Å². The van der Waals surface area contributed by atoms with Crippen LogP contribution in [0.15, 0.2) is 47.3 Å². The van der Waals surface area contributed by atoms with E-state index in [4.69, 9.17) is 19.5 Å². The van der Waals surface area contributed by atoms with Gasteiger partial charge in [0.15, 0.2) is 17.3 Å². The van der Waals surface area contributed by atoms with Gasteiger partial charge in [0.25, 0.3) is 11.5 Å². The minimum Gasteiger partial charge on any atom is -0.493 e. The van der Waals surface area contributed by atoms with Gasteiger partial charge in [-0.3, -0.25) is 19.0 Å².